The minimum Gasteiger partial charge on any atom is -0.457 e. The third-order valence-corrected chi connectivity index (χ3v) is 3.57. The van der Waals surface area contributed by atoms with Gasteiger partial charge in [0.05, 0.1) is 5.69 Å². The van der Waals surface area contributed by atoms with E-state index < -0.39 is 10.3 Å². The van der Waals surface area contributed by atoms with Gasteiger partial charge in [0, 0.05) is 12.7 Å². The van der Waals surface area contributed by atoms with E-state index in [4.69, 9.17) is 15.0 Å². The van der Waals surface area contributed by atoms with Crippen LogP contribution in [0.1, 0.15) is 0 Å². The molecule has 0 heterocycles. The molecule has 0 saturated heterocycles. The molecular formula is C13H14N2O4S. The summed E-state index contributed by atoms with van der Waals surface area (Å²) >= 11 is 0. The first-order chi connectivity index (χ1) is 9.36. The first kappa shape index (κ1) is 14.2. The normalized spacial score (nSPS) is 11.1. The zero-order chi connectivity index (χ0) is 14.8. The summed E-state index contributed by atoms with van der Waals surface area (Å²) in [6.07, 6.45) is 0. The van der Waals surface area contributed by atoms with E-state index in [1.165, 1.54) is 19.2 Å². The Hall–Kier alpha value is -2.25. The Kier molecular flexibility index (Phi) is 3.82. The van der Waals surface area contributed by atoms with Crippen LogP contribution >= 0.6 is 0 Å². The summed E-state index contributed by atoms with van der Waals surface area (Å²) < 4.78 is 37.2. The summed E-state index contributed by atoms with van der Waals surface area (Å²) in [5.41, 5.74) is 6.54. The Morgan fingerprint density at radius 2 is 1.45 bits per heavy atom. The van der Waals surface area contributed by atoms with Gasteiger partial charge in [-0.1, -0.05) is 0 Å². The quantitative estimate of drug-likeness (QED) is 0.666. The molecule has 2 aromatic rings. The Morgan fingerprint density at radius 3 is 1.90 bits per heavy atom. The van der Waals surface area contributed by atoms with E-state index in [1.807, 2.05) is 0 Å². The molecule has 3 N–H and O–H groups in total. The highest BCUT2D eigenvalue weighted by atomic mass is 32.2. The lowest BCUT2D eigenvalue weighted by atomic mass is 10.3. The smallest absolute Gasteiger partial charge is 0.359 e. The van der Waals surface area contributed by atoms with Gasteiger partial charge in [0.15, 0.2) is 0 Å². The van der Waals surface area contributed by atoms with Crippen molar-refractivity contribution in [3.05, 3.63) is 48.5 Å². The van der Waals surface area contributed by atoms with E-state index in [-0.39, 0.29) is 0 Å². The number of rotatable bonds is 4. The molecule has 0 bridgehead atoms. The second-order valence-electron chi connectivity index (χ2n) is 4.11. The Bertz CT molecular complexity index is 681. The van der Waals surface area contributed by atoms with Crippen LogP contribution in [0.25, 0.3) is 0 Å². The van der Waals surface area contributed by atoms with Crippen LogP contribution in [0.2, 0.25) is 0 Å². The number of hydrogen-bond donors (Lipinski definition) is 2. The van der Waals surface area contributed by atoms with Gasteiger partial charge in [-0.3, -0.25) is 8.86 Å². The molecule has 0 saturated carbocycles. The van der Waals surface area contributed by atoms with E-state index in [1.54, 1.807) is 36.4 Å². The molecule has 0 unspecified atom stereocenters. The lowest BCUT2D eigenvalue weighted by Crippen LogP contribution is -2.25. The Morgan fingerprint density at radius 1 is 1.00 bits per heavy atom. The van der Waals surface area contributed by atoms with Gasteiger partial charge < -0.3 is 10.5 Å². The van der Waals surface area contributed by atoms with Crippen LogP contribution in [-0.2, 0) is 10.3 Å². The van der Waals surface area contributed by atoms with Crippen molar-refractivity contribution in [2.24, 2.45) is 0 Å². The predicted octanol–water partition coefficient (Wildman–Crippen LogP) is 2.30. The monoisotopic (exact) mass is 294 g/mol. The molecule has 6 nitrogen and oxygen atoms in total. The molecule has 0 aliphatic heterocycles. The summed E-state index contributed by atoms with van der Waals surface area (Å²) in [4.78, 5) is 0. The number of nitrogens with two attached hydrogens (primary N) is 1. The van der Waals surface area contributed by atoms with Gasteiger partial charge in [0.2, 0.25) is 0 Å². The molecule has 0 radical (unpaired) electrons. The molecule has 0 amide bonds. The van der Waals surface area contributed by atoms with Crippen LogP contribution in [0, 0.1) is 0 Å². The molecule has 2 rings (SSSR count). The molecule has 0 atom stereocenters. The maximum Gasteiger partial charge on any atom is 0.359 e. The molecule has 0 fully saturated rings. The number of hydrogen-bond acceptors (Lipinski definition) is 4. The standard InChI is InChI=1S/C13H14N2O4S/c1-15(20(16,17)18)11-4-8-13(9-5-11)19-12-6-2-10(14)3-7-12/h2-9H,14H2,1H3,(H,16,17,18). The van der Waals surface area contributed by atoms with Crippen LogP contribution in [-0.4, -0.2) is 20.0 Å². The van der Waals surface area contributed by atoms with Gasteiger partial charge in [-0.05, 0) is 48.5 Å². The molecule has 0 aromatic heterocycles. The van der Waals surface area contributed by atoms with Gasteiger partial charge in [-0.15, -0.1) is 0 Å². The highest BCUT2D eigenvalue weighted by Crippen LogP contribution is 2.25. The van der Waals surface area contributed by atoms with Crippen LogP contribution in [0.5, 0.6) is 11.5 Å². The Balaban J connectivity index is 2.14. The van der Waals surface area contributed by atoms with Gasteiger partial charge in [0.1, 0.15) is 11.5 Å². The number of nitrogen functional groups attached to an aromatic ring is 1. The van der Waals surface area contributed by atoms with Crippen LogP contribution < -0.4 is 14.8 Å². The van der Waals surface area contributed by atoms with Crippen LogP contribution in [0.15, 0.2) is 48.5 Å². The highest BCUT2D eigenvalue weighted by Gasteiger charge is 2.13. The van der Waals surface area contributed by atoms with E-state index in [2.05, 4.69) is 0 Å². The molecule has 106 valence electrons. The number of anilines is 2. The average molecular weight is 294 g/mol. The predicted molar refractivity (Wildman–Crippen MR) is 77.3 cm³/mol. The average Bonchev–Trinajstić information content (AvgIpc) is 2.40. The van der Waals surface area contributed by atoms with Crippen molar-refractivity contribution in [1.29, 1.82) is 0 Å². The zero-order valence-electron chi connectivity index (χ0n) is 10.7. The second kappa shape index (κ2) is 5.40. The number of ether oxygens (including phenoxy) is 1. The maximum absolute atomic E-state index is 11.0. The Labute approximate surface area is 117 Å². The van der Waals surface area contributed by atoms with E-state index in [9.17, 15) is 8.42 Å². The van der Waals surface area contributed by atoms with Crippen molar-refractivity contribution < 1.29 is 17.7 Å². The lowest BCUT2D eigenvalue weighted by Gasteiger charge is -2.15. The summed E-state index contributed by atoms with van der Waals surface area (Å²) in [7, 11) is -3.00. The first-order valence-corrected chi connectivity index (χ1v) is 7.11. The number of nitrogens with zero attached hydrogens (tertiary/aromatic N) is 1. The fourth-order valence-electron chi connectivity index (χ4n) is 1.53. The third-order valence-electron chi connectivity index (χ3n) is 2.66. The molecule has 0 spiro atoms. The first-order valence-electron chi connectivity index (χ1n) is 5.71. The van der Waals surface area contributed by atoms with Gasteiger partial charge in [-0.2, -0.15) is 8.42 Å². The highest BCUT2D eigenvalue weighted by molar-refractivity contribution is 7.87. The fourth-order valence-corrected chi connectivity index (χ4v) is 1.92. The molecular weight excluding hydrogens is 280 g/mol. The lowest BCUT2D eigenvalue weighted by molar-refractivity contribution is 0.479. The van der Waals surface area contributed by atoms with Crippen molar-refractivity contribution in [1.82, 2.24) is 0 Å². The summed E-state index contributed by atoms with van der Waals surface area (Å²) in [5, 5.41) is 0. The zero-order valence-corrected chi connectivity index (χ0v) is 11.5. The van der Waals surface area contributed by atoms with Crippen molar-refractivity contribution in [3.8, 4) is 11.5 Å². The maximum atomic E-state index is 11.0. The topological polar surface area (TPSA) is 92.9 Å². The number of benzene rings is 2. The molecule has 2 aromatic carbocycles. The molecule has 7 heteroatoms. The molecule has 0 aliphatic rings. The van der Waals surface area contributed by atoms with Crippen molar-refractivity contribution in [2.45, 2.75) is 0 Å². The van der Waals surface area contributed by atoms with Gasteiger partial charge in [-0.25, -0.2) is 0 Å². The largest absolute Gasteiger partial charge is 0.457 e. The third kappa shape index (κ3) is 3.40. The minimum absolute atomic E-state index is 0.331. The SMILES string of the molecule is CN(c1ccc(Oc2ccc(N)cc2)cc1)S(=O)(=O)O. The van der Waals surface area contributed by atoms with Crippen molar-refractivity contribution in [3.63, 3.8) is 0 Å². The van der Waals surface area contributed by atoms with E-state index in [0.29, 0.717) is 22.9 Å². The van der Waals surface area contributed by atoms with Crippen LogP contribution in [0.3, 0.4) is 0 Å². The minimum atomic E-state index is -4.25. The van der Waals surface area contributed by atoms with Gasteiger partial charge in [0.25, 0.3) is 0 Å². The summed E-state index contributed by atoms with van der Waals surface area (Å²) in [6.45, 7) is 0. The van der Waals surface area contributed by atoms with Gasteiger partial charge >= 0.3 is 10.3 Å². The molecule has 20 heavy (non-hydrogen) atoms. The van der Waals surface area contributed by atoms with E-state index in [0.717, 1.165) is 4.31 Å². The summed E-state index contributed by atoms with van der Waals surface area (Å²) in [5.74, 6) is 1.16. The van der Waals surface area contributed by atoms with Crippen molar-refractivity contribution in [2.75, 3.05) is 17.1 Å². The molecule has 0 aliphatic carbocycles. The second-order valence-corrected chi connectivity index (χ2v) is 5.55. The van der Waals surface area contributed by atoms with Crippen LogP contribution in [0.4, 0.5) is 11.4 Å². The van der Waals surface area contributed by atoms with E-state index >= 15 is 0 Å². The van der Waals surface area contributed by atoms with Crippen molar-refractivity contribution >= 4 is 21.7 Å². The summed E-state index contributed by atoms with van der Waals surface area (Å²) in [6, 6.07) is 13.2. The fraction of sp³-hybridized carbons (Fsp3) is 0.0769.